The zero-order chi connectivity index (χ0) is 24.1. The van der Waals surface area contributed by atoms with E-state index < -0.39 is 23.9 Å². The summed E-state index contributed by atoms with van der Waals surface area (Å²) in [4.78, 5) is 26.6. The molecule has 0 fully saturated rings. The fourth-order valence-corrected chi connectivity index (χ4v) is 3.87. The number of benzene rings is 3. The number of carbonyl (C=O) groups is 1. The molecule has 4 aromatic rings. The Bertz CT molecular complexity index is 1280. The topological polar surface area (TPSA) is 81.7 Å². The Hall–Kier alpha value is -3.90. The van der Waals surface area contributed by atoms with Gasteiger partial charge in [-0.3, -0.25) is 4.57 Å². The predicted octanol–water partition coefficient (Wildman–Crippen LogP) is 5.08. The summed E-state index contributed by atoms with van der Waals surface area (Å²) in [6.45, 7) is 3.60. The summed E-state index contributed by atoms with van der Waals surface area (Å²) in [6, 6.07) is 26.4. The highest BCUT2D eigenvalue weighted by Gasteiger charge is 2.37. The Kier molecular flexibility index (Phi) is 7.09. The zero-order valence-electron chi connectivity index (χ0n) is 19.1. The quantitative estimate of drug-likeness (QED) is 0.373. The third-order valence-corrected chi connectivity index (χ3v) is 5.68. The van der Waals surface area contributed by atoms with Crippen molar-refractivity contribution in [1.29, 1.82) is 0 Å². The minimum absolute atomic E-state index is 0.0276. The third kappa shape index (κ3) is 4.87. The maximum atomic E-state index is 13.4. The van der Waals surface area contributed by atoms with Crippen LogP contribution in [0.15, 0.2) is 100 Å². The first-order valence-electron chi connectivity index (χ1n) is 11.2. The fraction of sp³-hybridized carbons (Fsp3) is 0.214. The smallest absolute Gasteiger partial charge is 0.420 e. The van der Waals surface area contributed by atoms with E-state index in [0.717, 1.165) is 5.56 Å². The van der Waals surface area contributed by atoms with Crippen LogP contribution in [0.4, 0.5) is 0 Å². The highest BCUT2D eigenvalue weighted by molar-refractivity contribution is 5.81. The molecule has 1 N–H and O–H groups in total. The van der Waals surface area contributed by atoms with Crippen LogP contribution in [-0.2, 0) is 16.1 Å². The van der Waals surface area contributed by atoms with E-state index in [9.17, 15) is 14.7 Å². The molecule has 0 aliphatic rings. The zero-order valence-corrected chi connectivity index (χ0v) is 19.1. The summed E-state index contributed by atoms with van der Waals surface area (Å²) in [7, 11) is 0. The molecule has 0 bridgehead atoms. The molecule has 3 aromatic carbocycles. The monoisotopic (exact) mass is 457 g/mol. The fourth-order valence-electron chi connectivity index (χ4n) is 3.87. The van der Waals surface area contributed by atoms with Gasteiger partial charge in [0.25, 0.3) is 0 Å². The van der Waals surface area contributed by atoms with Crippen molar-refractivity contribution in [2.24, 2.45) is 5.92 Å². The van der Waals surface area contributed by atoms with Crippen molar-refractivity contribution in [3.8, 4) is 22.6 Å². The molecule has 0 aliphatic heterocycles. The lowest BCUT2D eigenvalue weighted by atomic mass is 9.98. The van der Waals surface area contributed by atoms with Crippen LogP contribution in [0.2, 0.25) is 0 Å². The number of oxazole rings is 1. The molecule has 174 valence electrons. The Morgan fingerprint density at radius 2 is 1.41 bits per heavy atom. The van der Waals surface area contributed by atoms with Gasteiger partial charge in [-0.05, 0) is 11.5 Å². The number of carbonyl (C=O) groups excluding carboxylic acids is 1. The van der Waals surface area contributed by atoms with Crippen molar-refractivity contribution in [2.75, 3.05) is 0 Å². The number of hydrogen-bond donors (Lipinski definition) is 1. The summed E-state index contributed by atoms with van der Waals surface area (Å²) < 4.78 is 12.5. The number of rotatable bonds is 8. The first-order chi connectivity index (χ1) is 16.5. The van der Waals surface area contributed by atoms with Gasteiger partial charge in [-0.1, -0.05) is 105 Å². The molecule has 1 heterocycles. The molecule has 0 radical (unpaired) electrons. The van der Waals surface area contributed by atoms with Crippen LogP contribution in [0.5, 0.6) is 0 Å². The maximum Gasteiger partial charge on any atom is 0.420 e. The Labute approximate surface area is 198 Å². The van der Waals surface area contributed by atoms with E-state index in [1.54, 1.807) is 13.8 Å². The Morgan fingerprint density at radius 3 is 1.97 bits per heavy atom. The molecule has 0 spiro atoms. The van der Waals surface area contributed by atoms with E-state index in [0.29, 0.717) is 22.6 Å². The van der Waals surface area contributed by atoms with Gasteiger partial charge in [-0.25, -0.2) is 9.59 Å². The molecule has 0 saturated heterocycles. The first kappa shape index (κ1) is 23.3. The lowest BCUT2D eigenvalue weighted by Crippen LogP contribution is -2.40. The summed E-state index contributed by atoms with van der Waals surface area (Å²) in [5, 5.41) is 11.1. The van der Waals surface area contributed by atoms with E-state index in [-0.39, 0.29) is 12.5 Å². The van der Waals surface area contributed by atoms with Gasteiger partial charge in [-0.2, -0.15) is 0 Å². The summed E-state index contributed by atoms with van der Waals surface area (Å²) in [5.74, 6) is -1.43. The summed E-state index contributed by atoms with van der Waals surface area (Å²) >= 11 is 0. The van der Waals surface area contributed by atoms with Crippen LogP contribution in [-0.4, -0.2) is 21.7 Å². The van der Waals surface area contributed by atoms with Crippen LogP contribution >= 0.6 is 0 Å². The minimum Gasteiger partial charge on any atom is -0.459 e. The van der Waals surface area contributed by atoms with Crippen LogP contribution in [0.3, 0.4) is 0 Å². The van der Waals surface area contributed by atoms with E-state index in [1.807, 2.05) is 91.0 Å². The SMILES string of the molecule is CC(C)C(O)C(C(=O)OCc1ccccc1)n1c(-c2ccccc2)c(-c2ccccc2)oc1=O. The van der Waals surface area contributed by atoms with Crippen LogP contribution in [0, 0.1) is 5.92 Å². The van der Waals surface area contributed by atoms with Crippen molar-refractivity contribution >= 4 is 5.97 Å². The second kappa shape index (κ2) is 10.4. The van der Waals surface area contributed by atoms with Crippen molar-refractivity contribution in [1.82, 2.24) is 4.57 Å². The number of aromatic nitrogens is 1. The number of hydrogen-bond acceptors (Lipinski definition) is 5. The van der Waals surface area contributed by atoms with E-state index >= 15 is 0 Å². The van der Waals surface area contributed by atoms with Crippen molar-refractivity contribution in [3.05, 3.63) is 107 Å². The number of nitrogens with zero attached hydrogens (tertiary/aromatic N) is 1. The van der Waals surface area contributed by atoms with Crippen molar-refractivity contribution < 1.29 is 19.1 Å². The lowest BCUT2D eigenvalue weighted by molar-refractivity contribution is -0.154. The molecule has 4 rings (SSSR count). The first-order valence-corrected chi connectivity index (χ1v) is 11.2. The average Bonchev–Trinajstić information content (AvgIpc) is 3.21. The average molecular weight is 458 g/mol. The second-order valence-electron chi connectivity index (χ2n) is 8.42. The molecule has 6 heteroatoms. The Balaban J connectivity index is 1.85. The molecule has 2 atom stereocenters. The summed E-state index contributed by atoms with van der Waals surface area (Å²) in [6.07, 6.45) is -1.18. The van der Waals surface area contributed by atoms with Crippen molar-refractivity contribution in [2.45, 2.75) is 32.6 Å². The number of ether oxygens (including phenoxy) is 1. The minimum atomic E-state index is -1.28. The van der Waals surface area contributed by atoms with Gasteiger partial charge >= 0.3 is 11.7 Å². The third-order valence-electron chi connectivity index (χ3n) is 5.68. The van der Waals surface area contributed by atoms with E-state index in [2.05, 4.69) is 0 Å². The van der Waals surface area contributed by atoms with Gasteiger partial charge < -0.3 is 14.3 Å². The number of aliphatic hydroxyl groups is 1. The van der Waals surface area contributed by atoms with Gasteiger partial charge in [0, 0.05) is 11.1 Å². The molecule has 1 aromatic heterocycles. The van der Waals surface area contributed by atoms with Gasteiger partial charge in [-0.15, -0.1) is 0 Å². The van der Waals surface area contributed by atoms with Crippen LogP contribution in [0.25, 0.3) is 22.6 Å². The highest BCUT2D eigenvalue weighted by Crippen LogP contribution is 2.35. The molecular weight excluding hydrogens is 430 g/mol. The molecule has 0 saturated carbocycles. The van der Waals surface area contributed by atoms with E-state index in [1.165, 1.54) is 4.57 Å². The molecule has 2 unspecified atom stereocenters. The van der Waals surface area contributed by atoms with Crippen LogP contribution < -0.4 is 5.76 Å². The van der Waals surface area contributed by atoms with Gasteiger partial charge in [0.05, 0.1) is 11.8 Å². The standard InChI is InChI=1S/C28H27NO5/c1-19(2)25(30)24(27(31)33-18-20-12-6-3-7-13-20)29-23(21-14-8-4-9-15-21)26(34-28(29)32)22-16-10-5-11-17-22/h3-17,19,24-25,30H,18H2,1-2H3. The largest absolute Gasteiger partial charge is 0.459 e. The predicted molar refractivity (Wildman–Crippen MR) is 130 cm³/mol. The van der Waals surface area contributed by atoms with Gasteiger partial charge in [0.15, 0.2) is 11.8 Å². The van der Waals surface area contributed by atoms with E-state index in [4.69, 9.17) is 9.15 Å². The molecule has 0 amide bonds. The maximum absolute atomic E-state index is 13.4. The second-order valence-corrected chi connectivity index (χ2v) is 8.42. The van der Waals surface area contributed by atoms with Gasteiger partial charge in [0.1, 0.15) is 6.61 Å². The van der Waals surface area contributed by atoms with Crippen molar-refractivity contribution in [3.63, 3.8) is 0 Å². The summed E-state index contributed by atoms with van der Waals surface area (Å²) in [5.41, 5.74) is 2.59. The number of esters is 1. The Morgan fingerprint density at radius 1 is 0.882 bits per heavy atom. The number of aliphatic hydroxyl groups excluding tert-OH is 1. The normalized spacial score (nSPS) is 12.9. The highest BCUT2D eigenvalue weighted by atomic mass is 16.5. The molecule has 34 heavy (non-hydrogen) atoms. The van der Waals surface area contributed by atoms with Crippen LogP contribution in [0.1, 0.15) is 25.5 Å². The molecular formula is C28H27NO5. The lowest BCUT2D eigenvalue weighted by Gasteiger charge is -2.26. The molecule has 0 aliphatic carbocycles. The van der Waals surface area contributed by atoms with Gasteiger partial charge in [0.2, 0.25) is 0 Å². The molecule has 6 nitrogen and oxygen atoms in total.